The molecule has 2 heterocycles. The summed E-state index contributed by atoms with van der Waals surface area (Å²) < 4.78 is 15.2. The Balaban J connectivity index is 1.69. The summed E-state index contributed by atoms with van der Waals surface area (Å²) in [7, 11) is 0. The van der Waals surface area contributed by atoms with Crippen LogP contribution in [-0.4, -0.2) is 39.0 Å². The third-order valence-corrected chi connectivity index (χ3v) is 3.56. The van der Waals surface area contributed by atoms with Gasteiger partial charge in [0.15, 0.2) is 11.5 Å². The van der Waals surface area contributed by atoms with Gasteiger partial charge in [0.05, 0.1) is 5.69 Å². The van der Waals surface area contributed by atoms with Crippen LogP contribution in [0.25, 0.3) is 5.65 Å². The maximum Gasteiger partial charge on any atom is 0.326 e. The molecular weight excluding hydrogens is 315 g/mol. The van der Waals surface area contributed by atoms with Crippen LogP contribution in [0.5, 0.6) is 0 Å². The van der Waals surface area contributed by atoms with Crippen LogP contribution in [0.2, 0.25) is 0 Å². The highest BCUT2D eigenvalue weighted by Gasteiger charge is 2.17. The number of fused-ring (bicyclic) bond motifs is 1. The fourth-order valence-electron chi connectivity index (χ4n) is 2.43. The minimum absolute atomic E-state index is 0.300. The molecule has 2 aromatic heterocycles. The number of aromatic nitrogens is 2. The number of unbranched alkanes of at least 4 members (excludes halogenated alkanes) is 1. The number of imidazole rings is 1. The van der Waals surface area contributed by atoms with Crippen LogP contribution in [0.3, 0.4) is 0 Å². The van der Waals surface area contributed by atoms with Crippen molar-refractivity contribution in [3.63, 3.8) is 0 Å². The van der Waals surface area contributed by atoms with E-state index >= 15 is 0 Å². The Morgan fingerprint density at radius 3 is 2.88 bits per heavy atom. The summed E-state index contributed by atoms with van der Waals surface area (Å²) in [4.78, 5) is 26.1. The van der Waals surface area contributed by atoms with Crippen LogP contribution < -0.4 is 10.6 Å². The lowest BCUT2D eigenvalue weighted by molar-refractivity contribution is -0.141. The lowest BCUT2D eigenvalue weighted by atomic mass is 10.1. The summed E-state index contributed by atoms with van der Waals surface area (Å²) in [5, 5.41) is 14.6. The van der Waals surface area contributed by atoms with E-state index in [9.17, 15) is 14.0 Å². The number of aliphatic carboxylic acids is 1. The summed E-state index contributed by atoms with van der Waals surface area (Å²) in [5.41, 5.74) is 1.04. The van der Waals surface area contributed by atoms with Crippen molar-refractivity contribution in [2.75, 3.05) is 6.54 Å². The van der Waals surface area contributed by atoms with E-state index in [0.717, 1.165) is 12.1 Å². The first kappa shape index (κ1) is 17.9. The number of carboxylic acids is 1. The van der Waals surface area contributed by atoms with Crippen molar-refractivity contribution >= 4 is 17.5 Å². The van der Waals surface area contributed by atoms with E-state index in [2.05, 4.69) is 15.6 Å². The number of pyridine rings is 1. The van der Waals surface area contributed by atoms with Crippen molar-refractivity contribution in [2.24, 2.45) is 0 Å². The Morgan fingerprint density at radius 2 is 2.21 bits per heavy atom. The molecule has 0 saturated carbocycles. The van der Waals surface area contributed by atoms with Crippen LogP contribution in [0.1, 0.15) is 31.9 Å². The highest BCUT2D eigenvalue weighted by atomic mass is 19.1. The van der Waals surface area contributed by atoms with Gasteiger partial charge in [0.2, 0.25) is 5.91 Å². The molecule has 0 aliphatic rings. The maximum atomic E-state index is 13.5. The Hall–Kier alpha value is -2.48. The van der Waals surface area contributed by atoms with Crippen molar-refractivity contribution in [1.29, 1.82) is 0 Å². The average molecular weight is 336 g/mol. The van der Waals surface area contributed by atoms with Gasteiger partial charge in [-0.3, -0.25) is 4.79 Å². The summed E-state index contributed by atoms with van der Waals surface area (Å²) in [6, 6.07) is 2.15. The third kappa shape index (κ3) is 5.02. The molecule has 130 valence electrons. The third-order valence-electron chi connectivity index (χ3n) is 3.56. The fraction of sp³-hybridized carbons (Fsp3) is 0.438. The smallest absolute Gasteiger partial charge is 0.326 e. The van der Waals surface area contributed by atoms with E-state index < -0.39 is 12.0 Å². The van der Waals surface area contributed by atoms with Crippen molar-refractivity contribution in [1.82, 2.24) is 20.0 Å². The monoisotopic (exact) mass is 336 g/mol. The lowest BCUT2D eigenvalue weighted by Gasteiger charge is -2.12. The zero-order valence-corrected chi connectivity index (χ0v) is 13.5. The number of carbonyl (C=O) groups is 2. The van der Waals surface area contributed by atoms with Gasteiger partial charge in [-0.15, -0.1) is 0 Å². The van der Waals surface area contributed by atoms with Gasteiger partial charge in [-0.25, -0.2) is 14.2 Å². The number of nitrogens with one attached hydrogen (secondary N) is 2. The molecule has 7 nitrogen and oxygen atoms in total. The molecule has 3 N–H and O–H groups in total. The van der Waals surface area contributed by atoms with Gasteiger partial charge in [0.25, 0.3) is 0 Å². The largest absolute Gasteiger partial charge is 0.480 e. The van der Waals surface area contributed by atoms with Crippen LogP contribution in [0.15, 0.2) is 24.5 Å². The number of amides is 1. The van der Waals surface area contributed by atoms with E-state index in [1.807, 2.05) is 0 Å². The number of carbonyl (C=O) groups excluding carboxylic acids is 1. The van der Waals surface area contributed by atoms with E-state index in [-0.39, 0.29) is 11.7 Å². The quantitative estimate of drug-likeness (QED) is 0.600. The summed E-state index contributed by atoms with van der Waals surface area (Å²) in [6.45, 7) is 2.49. The van der Waals surface area contributed by atoms with Crippen molar-refractivity contribution in [3.05, 3.63) is 36.0 Å². The Kier molecular flexibility index (Phi) is 6.25. The van der Waals surface area contributed by atoms with Crippen LogP contribution in [0, 0.1) is 5.82 Å². The minimum Gasteiger partial charge on any atom is -0.480 e. The predicted molar refractivity (Wildman–Crippen MR) is 85.9 cm³/mol. The molecule has 0 unspecified atom stereocenters. The number of halogens is 1. The molecule has 0 bridgehead atoms. The van der Waals surface area contributed by atoms with Gasteiger partial charge in [-0.1, -0.05) is 0 Å². The Labute approximate surface area is 138 Å². The van der Waals surface area contributed by atoms with Gasteiger partial charge >= 0.3 is 5.97 Å². The summed E-state index contributed by atoms with van der Waals surface area (Å²) >= 11 is 0. The second-order valence-corrected chi connectivity index (χ2v) is 5.58. The molecule has 1 amide bonds. The van der Waals surface area contributed by atoms with Gasteiger partial charge < -0.3 is 20.1 Å². The second kappa shape index (κ2) is 8.39. The molecule has 2 rings (SSSR count). The first-order valence-corrected chi connectivity index (χ1v) is 7.80. The zero-order valence-electron chi connectivity index (χ0n) is 13.5. The topological polar surface area (TPSA) is 95.7 Å². The molecule has 0 aromatic carbocycles. The van der Waals surface area contributed by atoms with Gasteiger partial charge in [0, 0.05) is 25.9 Å². The van der Waals surface area contributed by atoms with Gasteiger partial charge in [-0.2, -0.15) is 0 Å². The molecule has 0 aliphatic heterocycles. The molecule has 1 atom stereocenters. The fourth-order valence-corrected chi connectivity index (χ4v) is 2.43. The van der Waals surface area contributed by atoms with E-state index in [0.29, 0.717) is 31.6 Å². The molecular formula is C16H21FN4O3. The minimum atomic E-state index is -1.02. The number of rotatable bonds is 9. The van der Waals surface area contributed by atoms with E-state index in [1.165, 1.54) is 13.0 Å². The van der Waals surface area contributed by atoms with Crippen molar-refractivity contribution in [2.45, 2.75) is 38.8 Å². The molecule has 8 heteroatoms. The van der Waals surface area contributed by atoms with E-state index in [4.69, 9.17) is 5.11 Å². The number of hydrogen-bond donors (Lipinski definition) is 3. The number of hydrogen-bond acceptors (Lipinski definition) is 4. The average Bonchev–Trinajstić information content (AvgIpc) is 2.93. The molecule has 0 fully saturated rings. The van der Waals surface area contributed by atoms with E-state index in [1.54, 1.807) is 22.9 Å². The molecule has 0 spiro atoms. The first-order chi connectivity index (χ1) is 11.5. The SMILES string of the molecule is CC(=O)N[C@@H](CCCCNCc1cn2cccc(F)c2n1)C(=O)O. The summed E-state index contributed by atoms with van der Waals surface area (Å²) in [5.74, 6) is -1.73. The maximum absolute atomic E-state index is 13.5. The molecule has 2 aromatic rings. The molecule has 24 heavy (non-hydrogen) atoms. The molecule has 0 aliphatic carbocycles. The van der Waals surface area contributed by atoms with Crippen molar-refractivity contribution < 1.29 is 19.1 Å². The molecule has 0 saturated heterocycles. The zero-order chi connectivity index (χ0) is 17.5. The van der Waals surface area contributed by atoms with Gasteiger partial charge in [-0.05, 0) is 37.9 Å². The Bertz CT molecular complexity index is 716. The highest BCUT2D eigenvalue weighted by molar-refractivity contribution is 5.81. The van der Waals surface area contributed by atoms with Gasteiger partial charge in [0.1, 0.15) is 6.04 Å². The standard InChI is InChI=1S/C16H21FN4O3/c1-11(22)19-14(16(23)24)6-2-3-7-18-9-12-10-21-8-4-5-13(17)15(21)20-12/h4-5,8,10,14,18H,2-3,6-7,9H2,1H3,(H,19,22)(H,23,24)/t14-/m0/s1. The second-order valence-electron chi connectivity index (χ2n) is 5.58. The normalized spacial score (nSPS) is 12.2. The van der Waals surface area contributed by atoms with Crippen LogP contribution in [-0.2, 0) is 16.1 Å². The number of nitrogens with zero attached hydrogens (tertiary/aromatic N) is 2. The Morgan fingerprint density at radius 1 is 1.42 bits per heavy atom. The lowest BCUT2D eigenvalue weighted by Crippen LogP contribution is -2.39. The molecule has 0 radical (unpaired) electrons. The predicted octanol–water partition coefficient (Wildman–Crippen LogP) is 1.32. The van der Waals surface area contributed by atoms with Crippen LogP contribution in [0.4, 0.5) is 4.39 Å². The first-order valence-electron chi connectivity index (χ1n) is 7.80. The summed E-state index contributed by atoms with van der Waals surface area (Å²) in [6.07, 6.45) is 5.33. The van der Waals surface area contributed by atoms with Crippen molar-refractivity contribution in [3.8, 4) is 0 Å². The number of carboxylic acid groups (broad SMARTS) is 1. The highest BCUT2D eigenvalue weighted by Crippen LogP contribution is 2.09. The van der Waals surface area contributed by atoms with Crippen LogP contribution >= 0.6 is 0 Å².